The Morgan fingerprint density at radius 3 is 2.57 bits per heavy atom. The molecule has 0 unspecified atom stereocenters. The molecular weight excluding hydrogens is 172 g/mol. The minimum absolute atomic E-state index is 0.983. The van der Waals surface area contributed by atoms with Crippen LogP contribution in [0.25, 0.3) is 17.3 Å². The normalized spacial score (nSPS) is 10.9. The second-order valence-electron chi connectivity index (χ2n) is 3.08. The third kappa shape index (κ3) is 1.74. The Labute approximate surface area is 83.3 Å². The van der Waals surface area contributed by atoms with Gasteiger partial charge in [-0.1, -0.05) is 36.4 Å². The Bertz CT molecular complexity index is 410. The third-order valence-corrected chi connectivity index (χ3v) is 2.06. The quantitative estimate of drug-likeness (QED) is 0.763. The first kappa shape index (κ1) is 8.75. The van der Waals surface area contributed by atoms with Crippen LogP contribution in [0.1, 0.15) is 12.5 Å². The minimum Gasteiger partial charge on any atom is -0.351 e. The van der Waals surface area contributed by atoms with E-state index in [0.717, 1.165) is 11.3 Å². The summed E-state index contributed by atoms with van der Waals surface area (Å²) in [7, 11) is 0. The molecule has 14 heavy (non-hydrogen) atoms. The van der Waals surface area contributed by atoms with Gasteiger partial charge in [0, 0.05) is 11.8 Å². The van der Waals surface area contributed by atoms with Crippen LogP contribution in [0.3, 0.4) is 0 Å². The fraction of sp³-hybridized carbons (Fsp3) is 0.0833. The summed E-state index contributed by atoms with van der Waals surface area (Å²) in [6.45, 7) is 2.02. The molecule has 2 heteroatoms. The fourth-order valence-electron chi connectivity index (χ4n) is 1.38. The molecule has 70 valence electrons. The van der Waals surface area contributed by atoms with Crippen molar-refractivity contribution in [2.24, 2.45) is 0 Å². The molecule has 2 nitrogen and oxygen atoms in total. The molecule has 1 aromatic heterocycles. The smallest absolute Gasteiger partial charge is 0.0927 e. The third-order valence-electron chi connectivity index (χ3n) is 2.06. The monoisotopic (exact) mass is 184 g/mol. The van der Waals surface area contributed by atoms with E-state index in [9.17, 15) is 0 Å². The van der Waals surface area contributed by atoms with Gasteiger partial charge in [0.25, 0.3) is 0 Å². The predicted octanol–water partition coefficient (Wildman–Crippen LogP) is 3.11. The summed E-state index contributed by atoms with van der Waals surface area (Å²) >= 11 is 0. The highest BCUT2D eigenvalue weighted by atomic mass is 14.9. The summed E-state index contributed by atoms with van der Waals surface area (Å²) in [5, 5.41) is 0. The number of imidazole rings is 1. The summed E-state index contributed by atoms with van der Waals surface area (Å²) in [4.78, 5) is 7.13. The van der Waals surface area contributed by atoms with Crippen molar-refractivity contribution in [3.63, 3.8) is 0 Å². The Morgan fingerprint density at radius 2 is 2.00 bits per heavy atom. The second-order valence-corrected chi connectivity index (χ2v) is 3.08. The van der Waals surface area contributed by atoms with Crippen molar-refractivity contribution in [2.75, 3.05) is 0 Å². The van der Waals surface area contributed by atoms with Crippen LogP contribution in [0.15, 0.2) is 42.9 Å². The van der Waals surface area contributed by atoms with E-state index >= 15 is 0 Å². The lowest BCUT2D eigenvalue weighted by atomic mass is 10.1. The molecular formula is C12H12N2. The van der Waals surface area contributed by atoms with Crippen LogP contribution in [-0.4, -0.2) is 9.97 Å². The van der Waals surface area contributed by atoms with Gasteiger partial charge in [-0.2, -0.15) is 0 Å². The summed E-state index contributed by atoms with van der Waals surface area (Å²) in [6.07, 6.45) is 7.69. The summed E-state index contributed by atoms with van der Waals surface area (Å²) in [5.41, 5.74) is 3.34. The molecule has 2 aromatic rings. The number of hydrogen-bond acceptors (Lipinski definition) is 1. The van der Waals surface area contributed by atoms with Gasteiger partial charge in [0.2, 0.25) is 0 Å². The average molecular weight is 184 g/mol. The minimum atomic E-state index is 0.983. The van der Waals surface area contributed by atoms with Gasteiger partial charge >= 0.3 is 0 Å². The molecule has 0 radical (unpaired) electrons. The van der Waals surface area contributed by atoms with Crippen molar-refractivity contribution >= 4 is 6.08 Å². The molecule has 0 aliphatic heterocycles. The molecule has 0 amide bonds. The van der Waals surface area contributed by atoms with E-state index in [1.165, 1.54) is 5.56 Å². The Hall–Kier alpha value is -1.83. The van der Waals surface area contributed by atoms with Crippen LogP contribution in [0.2, 0.25) is 0 Å². The highest BCUT2D eigenvalue weighted by molar-refractivity contribution is 5.61. The molecule has 0 saturated heterocycles. The van der Waals surface area contributed by atoms with Crippen LogP contribution in [0, 0.1) is 0 Å². The number of H-pyrrole nitrogens is 1. The number of allylic oxidation sites excluding steroid dienone is 1. The predicted molar refractivity (Wildman–Crippen MR) is 58.7 cm³/mol. The van der Waals surface area contributed by atoms with Crippen molar-refractivity contribution in [1.82, 2.24) is 9.97 Å². The molecule has 0 saturated carbocycles. The lowest BCUT2D eigenvalue weighted by Crippen LogP contribution is -1.77. The van der Waals surface area contributed by atoms with Crippen LogP contribution >= 0.6 is 0 Å². The van der Waals surface area contributed by atoms with E-state index < -0.39 is 0 Å². The first-order valence-corrected chi connectivity index (χ1v) is 4.62. The number of aromatic amines is 1. The summed E-state index contributed by atoms with van der Waals surface area (Å²) < 4.78 is 0. The van der Waals surface area contributed by atoms with Crippen molar-refractivity contribution in [3.8, 4) is 11.3 Å². The van der Waals surface area contributed by atoms with Gasteiger partial charge in [0.1, 0.15) is 0 Å². The van der Waals surface area contributed by atoms with Gasteiger partial charge in [-0.3, -0.25) is 0 Å². The van der Waals surface area contributed by atoms with Crippen LogP contribution < -0.4 is 0 Å². The van der Waals surface area contributed by atoms with Crippen molar-refractivity contribution in [1.29, 1.82) is 0 Å². The Kier molecular flexibility index (Phi) is 2.45. The topological polar surface area (TPSA) is 28.7 Å². The molecule has 2 rings (SSSR count). The van der Waals surface area contributed by atoms with Crippen LogP contribution in [0.5, 0.6) is 0 Å². The molecule has 0 fully saturated rings. The van der Waals surface area contributed by atoms with E-state index in [1.807, 2.05) is 19.2 Å². The maximum absolute atomic E-state index is 4.19. The van der Waals surface area contributed by atoms with Crippen molar-refractivity contribution in [3.05, 3.63) is 48.4 Å². The molecule has 1 aromatic carbocycles. The zero-order valence-electron chi connectivity index (χ0n) is 8.07. The lowest BCUT2D eigenvalue weighted by Gasteiger charge is -1.97. The van der Waals surface area contributed by atoms with Crippen LogP contribution in [-0.2, 0) is 0 Å². The summed E-state index contributed by atoms with van der Waals surface area (Å²) in [5.74, 6) is 0. The molecule has 0 bridgehead atoms. The van der Waals surface area contributed by atoms with Crippen molar-refractivity contribution in [2.45, 2.75) is 6.92 Å². The van der Waals surface area contributed by atoms with Gasteiger partial charge in [0.15, 0.2) is 0 Å². The number of rotatable bonds is 2. The number of nitrogens with one attached hydrogen (secondary N) is 1. The van der Waals surface area contributed by atoms with E-state index in [0.29, 0.717) is 0 Å². The molecule has 0 atom stereocenters. The van der Waals surface area contributed by atoms with Gasteiger partial charge in [-0.15, -0.1) is 0 Å². The SMILES string of the molecule is C/C=C/c1ccc(-c2c[nH]cn2)cc1. The number of nitrogens with zero attached hydrogens (tertiary/aromatic N) is 1. The zero-order valence-corrected chi connectivity index (χ0v) is 8.07. The maximum Gasteiger partial charge on any atom is 0.0927 e. The van der Waals surface area contributed by atoms with Gasteiger partial charge in [-0.05, 0) is 12.5 Å². The Morgan fingerprint density at radius 1 is 1.21 bits per heavy atom. The van der Waals surface area contributed by atoms with E-state index in [2.05, 4.69) is 40.3 Å². The zero-order chi connectivity index (χ0) is 9.80. The molecule has 0 spiro atoms. The highest BCUT2D eigenvalue weighted by Crippen LogP contribution is 2.16. The molecule has 0 aliphatic rings. The standard InChI is InChI=1S/C12H12N2/c1-2-3-10-4-6-11(7-5-10)12-8-13-9-14-12/h2-9H,1H3,(H,13,14)/b3-2+. The van der Waals surface area contributed by atoms with E-state index in [1.54, 1.807) is 6.33 Å². The maximum atomic E-state index is 4.19. The number of aromatic nitrogens is 2. The highest BCUT2D eigenvalue weighted by Gasteiger charge is 1.97. The number of hydrogen-bond donors (Lipinski definition) is 1. The second kappa shape index (κ2) is 3.92. The van der Waals surface area contributed by atoms with E-state index in [4.69, 9.17) is 0 Å². The molecule has 1 N–H and O–H groups in total. The Balaban J connectivity index is 2.31. The largest absolute Gasteiger partial charge is 0.351 e. The lowest BCUT2D eigenvalue weighted by molar-refractivity contribution is 1.31. The van der Waals surface area contributed by atoms with Gasteiger partial charge in [-0.25, -0.2) is 4.98 Å². The van der Waals surface area contributed by atoms with Gasteiger partial charge < -0.3 is 4.98 Å². The summed E-state index contributed by atoms with van der Waals surface area (Å²) in [6, 6.07) is 8.32. The van der Waals surface area contributed by atoms with Gasteiger partial charge in [0.05, 0.1) is 12.0 Å². The molecule has 0 aliphatic carbocycles. The number of benzene rings is 1. The average Bonchev–Trinajstić information content (AvgIpc) is 2.72. The first-order chi connectivity index (χ1) is 6.90. The fourth-order valence-corrected chi connectivity index (χ4v) is 1.38. The first-order valence-electron chi connectivity index (χ1n) is 4.62. The van der Waals surface area contributed by atoms with Crippen molar-refractivity contribution < 1.29 is 0 Å². The van der Waals surface area contributed by atoms with E-state index in [-0.39, 0.29) is 0 Å². The van der Waals surface area contributed by atoms with Crippen LogP contribution in [0.4, 0.5) is 0 Å². The molecule has 1 heterocycles.